The number of ether oxygens (including phenoxy) is 3. The van der Waals surface area contributed by atoms with Crippen LogP contribution in [0.2, 0.25) is 0 Å². The Morgan fingerprint density at radius 2 is 1.86 bits per heavy atom. The summed E-state index contributed by atoms with van der Waals surface area (Å²) >= 11 is 0. The van der Waals surface area contributed by atoms with Crippen LogP contribution in [-0.4, -0.2) is 44.9 Å². The monoisotopic (exact) mass is 514 g/mol. The lowest BCUT2D eigenvalue weighted by molar-refractivity contribution is -0.215. The fourth-order valence-corrected chi connectivity index (χ4v) is 3.41. The van der Waals surface area contributed by atoms with E-state index < -0.39 is 60.7 Å². The lowest BCUT2D eigenvalue weighted by Crippen LogP contribution is -2.42. The van der Waals surface area contributed by atoms with Crippen LogP contribution in [0.15, 0.2) is 36.4 Å². The molecule has 2 atom stereocenters. The Hall–Kier alpha value is -4.17. The van der Waals surface area contributed by atoms with Crippen molar-refractivity contribution in [3.8, 4) is 17.9 Å². The number of hydrogen-bond acceptors (Lipinski definition) is 7. The number of hydrogen-bond donors (Lipinski definition) is 1. The van der Waals surface area contributed by atoms with E-state index in [4.69, 9.17) is 20.0 Å². The van der Waals surface area contributed by atoms with Gasteiger partial charge in [-0.25, -0.2) is 4.79 Å². The number of alkyl halides is 6. The fourth-order valence-electron chi connectivity index (χ4n) is 3.41. The molecule has 0 aromatic heterocycles. The van der Waals surface area contributed by atoms with Crippen molar-refractivity contribution in [3.05, 3.63) is 53.1 Å². The van der Waals surface area contributed by atoms with E-state index in [1.807, 2.05) is 6.07 Å². The second-order valence-corrected chi connectivity index (χ2v) is 7.39. The average Bonchev–Trinajstić information content (AvgIpc) is 3.27. The largest absolute Gasteiger partial charge is 0.489 e. The van der Waals surface area contributed by atoms with Gasteiger partial charge in [-0.3, -0.25) is 5.32 Å². The lowest BCUT2D eigenvalue weighted by atomic mass is 10.1. The molecule has 3 rings (SSSR count). The lowest BCUT2D eigenvalue weighted by Gasteiger charge is -2.27. The predicted molar refractivity (Wildman–Crippen MR) is 111 cm³/mol. The average molecular weight is 514 g/mol. The van der Waals surface area contributed by atoms with Gasteiger partial charge in [0.1, 0.15) is 18.5 Å². The molecule has 2 aromatic carbocycles. The Labute approximate surface area is 200 Å². The van der Waals surface area contributed by atoms with Crippen LogP contribution in [0.5, 0.6) is 5.75 Å². The van der Waals surface area contributed by atoms with E-state index in [2.05, 4.69) is 10.1 Å². The number of carbonyl (C=O) groups excluding carboxylic acids is 1. The van der Waals surface area contributed by atoms with Gasteiger partial charge in [-0.2, -0.15) is 36.9 Å². The molecule has 2 aromatic rings. The van der Waals surface area contributed by atoms with Crippen LogP contribution >= 0.6 is 0 Å². The molecule has 0 aliphatic carbocycles. The number of nitriles is 2. The smallest absolute Gasteiger partial charge is 0.433 e. The van der Waals surface area contributed by atoms with Crippen molar-refractivity contribution >= 4 is 17.5 Å². The first-order chi connectivity index (χ1) is 16.9. The standard InChI is InChI=1S/C22H16F6N4O4/c1-34-20(33)31-17-6-12(8-29)2-5-18(17)35-11-15-10-32(19(36-15)22(26,27)28)14-4-3-13(9-30)16(7-14)21(23,24)25/h2-7,15,19H,10-11H2,1H3,(H,31,33)/t15-,19+/m0/s1. The predicted octanol–water partition coefficient (Wildman–Crippen LogP) is 4.80. The van der Waals surface area contributed by atoms with Crippen molar-refractivity contribution in [2.24, 2.45) is 0 Å². The van der Waals surface area contributed by atoms with Crippen molar-refractivity contribution < 1.29 is 45.3 Å². The summed E-state index contributed by atoms with van der Waals surface area (Å²) in [7, 11) is 1.09. The molecule has 1 saturated heterocycles. The van der Waals surface area contributed by atoms with Gasteiger partial charge in [0, 0.05) is 5.69 Å². The molecule has 1 fully saturated rings. The highest BCUT2D eigenvalue weighted by Crippen LogP contribution is 2.39. The molecule has 1 aliphatic heterocycles. The third-order valence-corrected chi connectivity index (χ3v) is 5.00. The molecule has 8 nitrogen and oxygen atoms in total. The Morgan fingerprint density at radius 3 is 2.44 bits per heavy atom. The maximum atomic E-state index is 13.7. The van der Waals surface area contributed by atoms with E-state index in [1.54, 1.807) is 0 Å². The first-order valence-corrected chi connectivity index (χ1v) is 9.99. The molecular weight excluding hydrogens is 498 g/mol. The normalized spacial score (nSPS) is 17.8. The van der Waals surface area contributed by atoms with Gasteiger partial charge in [0.05, 0.1) is 48.2 Å². The van der Waals surface area contributed by atoms with E-state index in [9.17, 15) is 31.1 Å². The molecule has 1 amide bonds. The molecule has 1 heterocycles. The van der Waals surface area contributed by atoms with E-state index >= 15 is 0 Å². The van der Waals surface area contributed by atoms with Gasteiger partial charge in [-0.05, 0) is 36.4 Å². The van der Waals surface area contributed by atoms with E-state index in [-0.39, 0.29) is 17.0 Å². The maximum absolute atomic E-state index is 13.7. The number of carbonyl (C=O) groups is 1. The third kappa shape index (κ3) is 5.90. The zero-order valence-electron chi connectivity index (χ0n) is 18.3. The highest BCUT2D eigenvalue weighted by Gasteiger charge is 2.51. The first kappa shape index (κ1) is 26.4. The van der Waals surface area contributed by atoms with E-state index in [0.29, 0.717) is 11.0 Å². The van der Waals surface area contributed by atoms with Crippen LogP contribution in [0, 0.1) is 22.7 Å². The van der Waals surface area contributed by atoms with Crippen LogP contribution in [0.4, 0.5) is 42.5 Å². The van der Waals surface area contributed by atoms with Crippen LogP contribution in [0.3, 0.4) is 0 Å². The molecule has 0 spiro atoms. The van der Waals surface area contributed by atoms with Crippen molar-refractivity contribution in [1.29, 1.82) is 10.5 Å². The molecule has 0 bridgehead atoms. The Bertz CT molecular complexity index is 1220. The van der Waals surface area contributed by atoms with E-state index in [1.165, 1.54) is 24.3 Å². The number of amides is 1. The first-order valence-electron chi connectivity index (χ1n) is 9.99. The van der Waals surface area contributed by atoms with Crippen LogP contribution in [-0.2, 0) is 15.7 Å². The zero-order valence-corrected chi connectivity index (χ0v) is 18.3. The molecular formula is C22H16F6N4O4. The van der Waals surface area contributed by atoms with Crippen molar-refractivity contribution in [2.75, 3.05) is 30.5 Å². The minimum Gasteiger partial charge on any atom is -0.489 e. The highest BCUT2D eigenvalue weighted by atomic mass is 19.4. The summed E-state index contributed by atoms with van der Waals surface area (Å²) in [4.78, 5) is 12.2. The van der Waals surface area contributed by atoms with Crippen LogP contribution < -0.4 is 15.0 Å². The summed E-state index contributed by atoms with van der Waals surface area (Å²) in [5, 5.41) is 20.3. The van der Waals surface area contributed by atoms with Gasteiger partial charge in [-0.15, -0.1) is 0 Å². The van der Waals surface area contributed by atoms with Gasteiger partial charge in [-0.1, -0.05) is 0 Å². The topological polar surface area (TPSA) is 108 Å². The Morgan fingerprint density at radius 1 is 1.14 bits per heavy atom. The Kier molecular flexibility index (Phi) is 7.50. The highest BCUT2D eigenvalue weighted by molar-refractivity contribution is 5.87. The van der Waals surface area contributed by atoms with Crippen molar-refractivity contribution in [2.45, 2.75) is 24.7 Å². The molecule has 14 heteroatoms. The second-order valence-electron chi connectivity index (χ2n) is 7.39. The van der Waals surface area contributed by atoms with Crippen LogP contribution in [0.25, 0.3) is 0 Å². The van der Waals surface area contributed by atoms with Gasteiger partial charge in [0.25, 0.3) is 0 Å². The summed E-state index contributed by atoms with van der Waals surface area (Å²) in [6.07, 6.45) is -14.6. The fraction of sp³-hybridized carbons (Fsp3) is 0.318. The molecule has 0 saturated carbocycles. The number of nitrogens with one attached hydrogen (secondary N) is 1. The molecule has 190 valence electrons. The third-order valence-electron chi connectivity index (χ3n) is 5.00. The minimum atomic E-state index is -4.97. The summed E-state index contributed by atoms with van der Waals surface area (Å²) in [6, 6.07) is 9.33. The molecule has 0 unspecified atom stereocenters. The minimum absolute atomic E-state index is 0.00466. The van der Waals surface area contributed by atoms with E-state index in [0.717, 1.165) is 19.2 Å². The number of methoxy groups -OCH3 is 1. The molecule has 36 heavy (non-hydrogen) atoms. The van der Waals surface area contributed by atoms with Gasteiger partial charge >= 0.3 is 18.4 Å². The summed E-state index contributed by atoms with van der Waals surface area (Å²) in [5.41, 5.74) is -2.40. The summed E-state index contributed by atoms with van der Waals surface area (Å²) in [5.74, 6) is -0.0114. The van der Waals surface area contributed by atoms with Crippen molar-refractivity contribution in [1.82, 2.24) is 0 Å². The van der Waals surface area contributed by atoms with Gasteiger partial charge in [0.15, 0.2) is 0 Å². The van der Waals surface area contributed by atoms with Crippen LogP contribution in [0.1, 0.15) is 16.7 Å². The SMILES string of the molecule is COC(=O)Nc1cc(C#N)ccc1OC[C@@H]1CN(c2ccc(C#N)c(C(F)(F)F)c2)[C@@H](C(F)(F)F)O1. The number of halogens is 6. The summed E-state index contributed by atoms with van der Waals surface area (Å²) < 4.78 is 96.0. The number of nitrogens with zero attached hydrogens (tertiary/aromatic N) is 3. The van der Waals surface area contributed by atoms with Gasteiger partial charge < -0.3 is 19.1 Å². The zero-order chi connectivity index (χ0) is 26.7. The molecule has 0 radical (unpaired) electrons. The second kappa shape index (κ2) is 10.2. The maximum Gasteiger partial charge on any atom is 0.433 e. The number of anilines is 2. The quantitative estimate of drug-likeness (QED) is 0.572. The molecule has 1 N–H and O–H groups in total. The molecule has 1 aliphatic rings. The Balaban J connectivity index is 1.85. The number of rotatable bonds is 5. The number of benzene rings is 2. The summed E-state index contributed by atoms with van der Waals surface area (Å²) in [6.45, 7) is -0.976. The van der Waals surface area contributed by atoms with Gasteiger partial charge in [0.2, 0.25) is 6.23 Å². The van der Waals surface area contributed by atoms with Crippen molar-refractivity contribution in [3.63, 3.8) is 0 Å².